The standard InChI is InChI=1S/C16H26S2/c1-2-5-12-9-15-13(8-11(12)4-1)10-16(18-15)14-6-3-7-17-14/h11-16H,1-10H2. The van der Waals surface area contributed by atoms with Gasteiger partial charge in [0.25, 0.3) is 0 Å². The van der Waals surface area contributed by atoms with Gasteiger partial charge in [0.05, 0.1) is 0 Å². The minimum absolute atomic E-state index is 1.03. The average Bonchev–Trinajstić information content (AvgIpc) is 3.04. The largest absolute Gasteiger partial charge is 0.157 e. The summed E-state index contributed by atoms with van der Waals surface area (Å²) in [5, 5.41) is 3.13. The lowest BCUT2D eigenvalue weighted by Gasteiger charge is -2.41. The molecule has 6 atom stereocenters. The third-order valence-corrected chi connectivity index (χ3v) is 9.48. The van der Waals surface area contributed by atoms with Crippen molar-refractivity contribution in [2.45, 2.75) is 73.5 Å². The molecule has 4 rings (SSSR count). The Bertz CT molecular complexity index is 275. The molecule has 18 heavy (non-hydrogen) atoms. The van der Waals surface area contributed by atoms with Gasteiger partial charge in [-0.05, 0) is 55.6 Å². The summed E-state index contributed by atoms with van der Waals surface area (Å²) in [6.07, 6.45) is 14.0. The van der Waals surface area contributed by atoms with E-state index in [4.69, 9.17) is 0 Å². The highest BCUT2D eigenvalue weighted by Crippen LogP contribution is 2.55. The number of fused-ring (bicyclic) bond motifs is 2. The number of thioether (sulfide) groups is 2. The van der Waals surface area contributed by atoms with Crippen LogP contribution >= 0.6 is 23.5 Å². The zero-order valence-corrected chi connectivity index (χ0v) is 13.0. The van der Waals surface area contributed by atoms with Gasteiger partial charge in [-0.3, -0.25) is 0 Å². The van der Waals surface area contributed by atoms with Crippen LogP contribution in [0.1, 0.15) is 57.8 Å². The minimum Gasteiger partial charge on any atom is -0.157 e. The van der Waals surface area contributed by atoms with Crippen molar-refractivity contribution in [1.82, 2.24) is 0 Å². The topological polar surface area (TPSA) is 0 Å². The van der Waals surface area contributed by atoms with Gasteiger partial charge in [-0.1, -0.05) is 25.7 Å². The normalized spacial score (nSPS) is 52.0. The second-order valence-corrected chi connectivity index (χ2v) is 9.87. The summed E-state index contributed by atoms with van der Waals surface area (Å²) >= 11 is 4.72. The van der Waals surface area contributed by atoms with Crippen LogP contribution in [0.15, 0.2) is 0 Å². The molecule has 102 valence electrons. The molecule has 0 aromatic rings. The molecule has 0 bridgehead atoms. The first kappa shape index (κ1) is 12.4. The van der Waals surface area contributed by atoms with Gasteiger partial charge in [0.2, 0.25) is 0 Å². The third-order valence-electron chi connectivity index (χ3n) is 6.00. The first-order valence-electron chi connectivity index (χ1n) is 8.17. The number of rotatable bonds is 1. The zero-order chi connectivity index (χ0) is 11.9. The second-order valence-electron chi connectivity index (χ2n) is 7.04. The minimum atomic E-state index is 1.03. The molecule has 4 fully saturated rings. The van der Waals surface area contributed by atoms with Crippen LogP contribution in [0.25, 0.3) is 0 Å². The molecule has 4 aliphatic rings. The molecule has 0 aromatic heterocycles. The van der Waals surface area contributed by atoms with Crippen molar-refractivity contribution in [1.29, 1.82) is 0 Å². The highest BCUT2D eigenvalue weighted by Gasteiger charge is 2.45. The molecule has 0 spiro atoms. The summed E-state index contributed by atoms with van der Waals surface area (Å²) in [6.45, 7) is 0. The summed E-state index contributed by atoms with van der Waals surface area (Å²) in [4.78, 5) is 0. The molecule has 0 nitrogen and oxygen atoms in total. The van der Waals surface area contributed by atoms with E-state index >= 15 is 0 Å². The van der Waals surface area contributed by atoms with Crippen LogP contribution in [0.5, 0.6) is 0 Å². The Morgan fingerprint density at radius 1 is 0.611 bits per heavy atom. The molecule has 2 aliphatic heterocycles. The Hall–Kier alpha value is 0.700. The fourth-order valence-corrected chi connectivity index (χ4v) is 8.71. The monoisotopic (exact) mass is 282 g/mol. The molecule has 2 aliphatic carbocycles. The van der Waals surface area contributed by atoms with E-state index in [0.717, 1.165) is 33.5 Å². The van der Waals surface area contributed by atoms with E-state index in [1.165, 1.54) is 31.4 Å². The third kappa shape index (κ3) is 2.26. The molecule has 2 saturated carbocycles. The first-order chi connectivity index (χ1) is 8.90. The Kier molecular flexibility index (Phi) is 3.62. The predicted octanol–water partition coefficient (Wildman–Crippen LogP) is 4.97. The van der Waals surface area contributed by atoms with Crippen LogP contribution in [-0.4, -0.2) is 21.5 Å². The van der Waals surface area contributed by atoms with Crippen LogP contribution < -0.4 is 0 Å². The summed E-state index contributed by atoms with van der Waals surface area (Å²) in [7, 11) is 0. The lowest BCUT2D eigenvalue weighted by Crippen LogP contribution is -2.33. The van der Waals surface area contributed by atoms with E-state index in [0.29, 0.717) is 0 Å². The highest BCUT2D eigenvalue weighted by molar-refractivity contribution is 8.04. The van der Waals surface area contributed by atoms with E-state index in [2.05, 4.69) is 23.5 Å². The van der Waals surface area contributed by atoms with Crippen molar-refractivity contribution in [3.05, 3.63) is 0 Å². The Morgan fingerprint density at radius 3 is 2.17 bits per heavy atom. The summed E-state index contributed by atoms with van der Waals surface area (Å²) in [5.74, 6) is 4.82. The van der Waals surface area contributed by atoms with Crippen LogP contribution in [0.2, 0.25) is 0 Å². The van der Waals surface area contributed by atoms with Gasteiger partial charge in [-0.15, -0.1) is 0 Å². The Balaban J connectivity index is 1.42. The van der Waals surface area contributed by atoms with Crippen molar-refractivity contribution in [2.24, 2.45) is 17.8 Å². The molecule has 2 saturated heterocycles. The quantitative estimate of drug-likeness (QED) is 0.666. The van der Waals surface area contributed by atoms with Crippen LogP contribution in [0.4, 0.5) is 0 Å². The van der Waals surface area contributed by atoms with Crippen molar-refractivity contribution in [2.75, 3.05) is 5.75 Å². The van der Waals surface area contributed by atoms with E-state index in [1.807, 2.05) is 0 Å². The van der Waals surface area contributed by atoms with Gasteiger partial charge in [0.1, 0.15) is 0 Å². The van der Waals surface area contributed by atoms with Gasteiger partial charge in [0.15, 0.2) is 0 Å². The van der Waals surface area contributed by atoms with Crippen LogP contribution in [0.3, 0.4) is 0 Å². The Labute approximate surface area is 120 Å². The molecule has 2 heterocycles. The number of hydrogen-bond donors (Lipinski definition) is 0. The summed E-state index contributed by atoms with van der Waals surface area (Å²) < 4.78 is 0. The van der Waals surface area contributed by atoms with E-state index in [1.54, 1.807) is 32.1 Å². The molecular weight excluding hydrogens is 256 g/mol. The molecule has 0 aromatic carbocycles. The van der Waals surface area contributed by atoms with Crippen molar-refractivity contribution < 1.29 is 0 Å². The van der Waals surface area contributed by atoms with E-state index < -0.39 is 0 Å². The van der Waals surface area contributed by atoms with Gasteiger partial charge in [0, 0.05) is 15.7 Å². The lowest BCUT2D eigenvalue weighted by atomic mass is 9.66. The second kappa shape index (κ2) is 5.24. The SMILES string of the molecule is C1CCC2CC3SC(C4CCCS4)CC3CC2C1. The van der Waals surface area contributed by atoms with E-state index in [-0.39, 0.29) is 0 Å². The van der Waals surface area contributed by atoms with Gasteiger partial charge >= 0.3 is 0 Å². The molecular formula is C16H26S2. The van der Waals surface area contributed by atoms with Gasteiger partial charge in [-0.2, -0.15) is 23.5 Å². The van der Waals surface area contributed by atoms with E-state index in [9.17, 15) is 0 Å². The fraction of sp³-hybridized carbons (Fsp3) is 1.00. The van der Waals surface area contributed by atoms with Crippen molar-refractivity contribution in [3.63, 3.8) is 0 Å². The molecule has 0 amide bonds. The number of hydrogen-bond acceptors (Lipinski definition) is 2. The molecule has 6 unspecified atom stereocenters. The smallest absolute Gasteiger partial charge is 0.0172 e. The maximum Gasteiger partial charge on any atom is 0.0172 e. The van der Waals surface area contributed by atoms with Crippen LogP contribution in [-0.2, 0) is 0 Å². The molecule has 0 radical (unpaired) electrons. The first-order valence-corrected chi connectivity index (χ1v) is 10.2. The zero-order valence-electron chi connectivity index (χ0n) is 11.4. The fourth-order valence-electron chi connectivity index (χ4n) is 5.06. The summed E-state index contributed by atoms with van der Waals surface area (Å²) in [5.41, 5.74) is 0. The average molecular weight is 283 g/mol. The lowest BCUT2D eigenvalue weighted by molar-refractivity contribution is 0.136. The van der Waals surface area contributed by atoms with Crippen molar-refractivity contribution >= 4 is 23.5 Å². The van der Waals surface area contributed by atoms with Crippen molar-refractivity contribution in [3.8, 4) is 0 Å². The predicted molar refractivity (Wildman–Crippen MR) is 83.4 cm³/mol. The van der Waals surface area contributed by atoms with Gasteiger partial charge in [-0.25, -0.2) is 0 Å². The highest BCUT2D eigenvalue weighted by atomic mass is 32.2. The Morgan fingerprint density at radius 2 is 1.39 bits per heavy atom. The molecule has 2 heteroatoms. The molecule has 0 N–H and O–H groups in total. The maximum atomic E-state index is 2.43. The maximum absolute atomic E-state index is 2.43. The summed E-state index contributed by atoms with van der Waals surface area (Å²) in [6, 6.07) is 0. The van der Waals surface area contributed by atoms with Gasteiger partial charge < -0.3 is 0 Å². The van der Waals surface area contributed by atoms with Crippen LogP contribution in [0, 0.1) is 17.8 Å².